The fourth-order valence-electron chi connectivity index (χ4n) is 0.851. The number of hydrogen-bond donors (Lipinski definition) is 0. The summed E-state index contributed by atoms with van der Waals surface area (Å²) in [5.74, 6) is 0.237. The van der Waals surface area contributed by atoms with Gasteiger partial charge in [-0.25, -0.2) is 0 Å². The molecule has 0 amide bonds. The third-order valence-electron chi connectivity index (χ3n) is 1.69. The first-order valence-electron chi connectivity index (χ1n) is 3.13. The second-order valence-corrected chi connectivity index (χ2v) is 2.50. The minimum atomic E-state index is 0.237. The Kier molecular flexibility index (Phi) is 1.56. The van der Waals surface area contributed by atoms with E-state index in [0.717, 1.165) is 0 Å². The van der Waals surface area contributed by atoms with Gasteiger partial charge in [-0.3, -0.25) is 4.79 Å². The van der Waals surface area contributed by atoms with Gasteiger partial charge in [-0.15, -0.1) is 0 Å². The molecule has 0 bridgehead atoms. The maximum atomic E-state index is 10.7. The lowest BCUT2D eigenvalue weighted by molar-refractivity contribution is -0.116. The fourth-order valence-corrected chi connectivity index (χ4v) is 0.851. The minimum Gasteiger partial charge on any atom is -0.377 e. The van der Waals surface area contributed by atoms with Gasteiger partial charge in [0.25, 0.3) is 0 Å². The molecule has 0 saturated carbocycles. The van der Waals surface area contributed by atoms with E-state index in [1.807, 2.05) is 25.1 Å². The van der Waals surface area contributed by atoms with Crippen molar-refractivity contribution in [2.75, 3.05) is 7.05 Å². The van der Waals surface area contributed by atoms with Crippen LogP contribution in [-0.4, -0.2) is 23.8 Å². The zero-order valence-corrected chi connectivity index (χ0v) is 5.79. The first-order chi connectivity index (χ1) is 4.20. The number of carbonyl (C=O) groups excluding carboxylic acids is 1. The van der Waals surface area contributed by atoms with Crippen molar-refractivity contribution in [1.82, 2.24) is 4.90 Å². The predicted molar refractivity (Wildman–Crippen MR) is 36.0 cm³/mol. The molecule has 0 aromatic rings. The van der Waals surface area contributed by atoms with Crippen LogP contribution in [0.1, 0.15) is 13.3 Å². The van der Waals surface area contributed by atoms with Gasteiger partial charge in [0, 0.05) is 25.7 Å². The molecule has 0 aromatic heterocycles. The molecule has 1 aliphatic heterocycles. The molecule has 9 heavy (non-hydrogen) atoms. The van der Waals surface area contributed by atoms with E-state index in [1.165, 1.54) is 0 Å². The normalized spacial score (nSPS) is 27.1. The summed E-state index contributed by atoms with van der Waals surface area (Å²) in [6.45, 7) is 2.04. The molecule has 0 aromatic carbocycles. The van der Waals surface area contributed by atoms with E-state index < -0.39 is 0 Å². The third kappa shape index (κ3) is 1.31. The molecule has 0 radical (unpaired) electrons. The number of hydrogen-bond acceptors (Lipinski definition) is 2. The van der Waals surface area contributed by atoms with E-state index in [4.69, 9.17) is 0 Å². The summed E-state index contributed by atoms with van der Waals surface area (Å²) in [7, 11) is 1.98. The summed E-state index contributed by atoms with van der Waals surface area (Å²) < 4.78 is 0. The van der Waals surface area contributed by atoms with Crippen molar-refractivity contribution in [1.29, 1.82) is 0 Å². The maximum Gasteiger partial charge on any atom is 0.159 e. The fraction of sp³-hybridized carbons (Fsp3) is 0.571. The van der Waals surface area contributed by atoms with E-state index in [0.29, 0.717) is 12.5 Å². The van der Waals surface area contributed by atoms with Gasteiger partial charge in [0.15, 0.2) is 5.78 Å². The number of rotatable bonds is 0. The predicted octanol–water partition coefficient (Wildman–Crippen LogP) is 0.793. The van der Waals surface area contributed by atoms with Gasteiger partial charge < -0.3 is 4.90 Å². The highest BCUT2D eigenvalue weighted by Crippen LogP contribution is 2.07. The SMILES string of the molecule is CC1CC(=O)C=CN1C. The summed E-state index contributed by atoms with van der Waals surface area (Å²) in [6, 6.07) is 0.377. The average molecular weight is 125 g/mol. The lowest BCUT2D eigenvalue weighted by Gasteiger charge is -2.24. The maximum absolute atomic E-state index is 10.7. The lowest BCUT2D eigenvalue weighted by atomic mass is 10.1. The van der Waals surface area contributed by atoms with Crippen molar-refractivity contribution in [2.45, 2.75) is 19.4 Å². The second-order valence-electron chi connectivity index (χ2n) is 2.50. The number of allylic oxidation sites excluding steroid dienone is 1. The van der Waals surface area contributed by atoms with E-state index in [2.05, 4.69) is 0 Å². The molecule has 1 atom stereocenters. The van der Waals surface area contributed by atoms with E-state index >= 15 is 0 Å². The summed E-state index contributed by atoms with van der Waals surface area (Å²) in [4.78, 5) is 12.7. The largest absolute Gasteiger partial charge is 0.377 e. The van der Waals surface area contributed by atoms with Gasteiger partial charge in [-0.2, -0.15) is 0 Å². The third-order valence-corrected chi connectivity index (χ3v) is 1.69. The molecular formula is C7H11NO. The van der Waals surface area contributed by atoms with E-state index in [1.54, 1.807) is 6.08 Å². The lowest BCUT2D eigenvalue weighted by Crippen LogP contribution is -2.29. The van der Waals surface area contributed by atoms with Gasteiger partial charge in [-0.1, -0.05) is 0 Å². The van der Waals surface area contributed by atoms with Gasteiger partial charge in [0.1, 0.15) is 0 Å². The molecular weight excluding hydrogens is 114 g/mol. The highest BCUT2D eigenvalue weighted by atomic mass is 16.1. The Morgan fingerprint density at radius 2 is 2.44 bits per heavy atom. The number of carbonyl (C=O) groups is 1. The zero-order valence-electron chi connectivity index (χ0n) is 5.79. The number of nitrogens with zero attached hydrogens (tertiary/aromatic N) is 1. The molecule has 1 unspecified atom stereocenters. The van der Waals surface area contributed by atoms with Crippen molar-refractivity contribution in [3.8, 4) is 0 Å². The Balaban J connectivity index is 2.65. The van der Waals surface area contributed by atoms with Crippen molar-refractivity contribution in [2.24, 2.45) is 0 Å². The summed E-state index contributed by atoms with van der Waals surface area (Å²) in [5, 5.41) is 0. The van der Waals surface area contributed by atoms with Crippen LogP contribution in [0.15, 0.2) is 12.3 Å². The zero-order chi connectivity index (χ0) is 6.85. The van der Waals surface area contributed by atoms with Crippen LogP contribution in [0.4, 0.5) is 0 Å². The standard InChI is InChI=1S/C7H11NO/c1-6-5-7(9)3-4-8(6)2/h3-4,6H,5H2,1-2H3. The summed E-state index contributed by atoms with van der Waals surface area (Å²) in [5.41, 5.74) is 0. The molecule has 1 heterocycles. The Morgan fingerprint density at radius 3 is 2.89 bits per heavy atom. The van der Waals surface area contributed by atoms with Gasteiger partial charge in [0.2, 0.25) is 0 Å². The number of ketones is 1. The minimum absolute atomic E-state index is 0.237. The van der Waals surface area contributed by atoms with Crippen LogP contribution in [0.3, 0.4) is 0 Å². The van der Waals surface area contributed by atoms with Crippen LogP contribution in [0.2, 0.25) is 0 Å². The molecule has 1 aliphatic rings. The highest BCUT2D eigenvalue weighted by Gasteiger charge is 2.13. The molecule has 0 saturated heterocycles. The van der Waals surface area contributed by atoms with E-state index in [9.17, 15) is 4.79 Å². The molecule has 0 N–H and O–H groups in total. The van der Waals surface area contributed by atoms with Crippen molar-refractivity contribution in [3.63, 3.8) is 0 Å². The topological polar surface area (TPSA) is 20.3 Å². The van der Waals surface area contributed by atoms with Crippen LogP contribution < -0.4 is 0 Å². The molecule has 50 valence electrons. The summed E-state index contributed by atoms with van der Waals surface area (Å²) >= 11 is 0. The second kappa shape index (κ2) is 2.21. The highest BCUT2D eigenvalue weighted by molar-refractivity contribution is 5.90. The summed E-state index contributed by atoms with van der Waals surface area (Å²) in [6.07, 6.45) is 4.11. The molecule has 0 fully saturated rings. The molecule has 0 aliphatic carbocycles. The Hall–Kier alpha value is -0.790. The van der Waals surface area contributed by atoms with Gasteiger partial charge >= 0.3 is 0 Å². The molecule has 2 heteroatoms. The van der Waals surface area contributed by atoms with Crippen LogP contribution in [0.25, 0.3) is 0 Å². The van der Waals surface area contributed by atoms with Gasteiger partial charge in [0.05, 0.1) is 0 Å². The molecule has 1 rings (SSSR count). The van der Waals surface area contributed by atoms with E-state index in [-0.39, 0.29) is 5.78 Å². The van der Waals surface area contributed by atoms with Crippen LogP contribution in [0.5, 0.6) is 0 Å². The molecule has 2 nitrogen and oxygen atoms in total. The first-order valence-corrected chi connectivity index (χ1v) is 3.13. The van der Waals surface area contributed by atoms with Crippen molar-refractivity contribution < 1.29 is 4.79 Å². The Bertz CT molecular complexity index is 151. The Labute approximate surface area is 55.2 Å². The Morgan fingerprint density at radius 1 is 1.78 bits per heavy atom. The van der Waals surface area contributed by atoms with Crippen molar-refractivity contribution >= 4 is 5.78 Å². The molecule has 0 spiro atoms. The first kappa shape index (κ1) is 6.33. The van der Waals surface area contributed by atoms with Crippen LogP contribution in [0, 0.1) is 0 Å². The van der Waals surface area contributed by atoms with Crippen molar-refractivity contribution in [3.05, 3.63) is 12.3 Å². The smallest absolute Gasteiger partial charge is 0.159 e. The quantitative estimate of drug-likeness (QED) is 0.477. The average Bonchev–Trinajstić information content (AvgIpc) is 1.80. The van der Waals surface area contributed by atoms with Crippen LogP contribution >= 0.6 is 0 Å². The van der Waals surface area contributed by atoms with Gasteiger partial charge in [-0.05, 0) is 13.0 Å². The monoisotopic (exact) mass is 125 g/mol. The van der Waals surface area contributed by atoms with Crippen LogP contribution in [-0.2, 0) is 4.79 Å².